The predicted octanol–water partition coefficient (Wildman–Crippen LogP) is 3.65. The van der Waals surface area contributed by atoms with Crippen molar-refractivity contribution in [2.45, 2.75) is 78.3 Å². The van der Waals surface area contributed by atoms with E-state index in [9.17, 15) is 0 Å². The van der Waals surface area contributed by atoms with E-state index in [2.05, 4.69) is 32.6 Å². The van der Waals surface area contributed by atoms with E-state index in [1.54, 1.807) is 0 Å². The summed E-state index contributed by atoms with van der Waals surface area (Å²) in [5.74, 6) is 1.47. The zero-order valence-electron chi connectivity index (χ0n) is 13.5. The second kappa shape index (κ2) is 6.13. The molecule has 2 aliphatic carbocycles. The molecule has 0 aromatic heterocycles. The van der Waals surface area contributed by atoms with Crippen LogP contribution in [0.15, 0.2) is 0 Å². The van der Waals surface area contributed by atoms with Gasteiger partial charge in [-0.1, -0.05) is 40.5 Å². The van der Waals surface area contributed by atoms with Crippen molar-refractivity contribution in [2.75, 3.05) is 13.1 Å². The highest BCUT2D eigenvalue weighted by Crippen LogP contribution is 2.45. The summed E-state index contributed by atoms with van der Waals surface area (Å²) >= 11 is 0. The Morgan fingerprint density at radius 3 is 2.32 bits per heavy atom. The van der Waals surface area contributed by atoms with Crippen LogP contribution in [0.25, 0.3) is 0 Å². The first-order valence-corrected chi connectivity index (χ1v) is 8.46. The van der Waals surface area contributed by atoms with Crippen molar-refractivity contribution in [3.8, 4) is 0 Å². The minimum absolute atomic E-state index is 0.393. The highest BCUT2D eigenvalue weighted by Gasteiger charge is 2.42. The molecular formula is C17H34N2. The van der Waals surface area contributed by atoms with Crippen LogP contribution in [0.1, 0.15) is 66.2 Å². The van der Waals surface area contributed by atoms with E-state index in [1.807, 2.05) is 0 Å². The van der Waals surface area contributed by atoms with Crippen LogP contribution in [-0.2, 0) is 0 Å². The van der Waals surface area contributed by atoms with Gasteiger partial charge >= 0.3 is 0 Å². The van der Waals surface area contributed by atoms with E-state index in [0.29, 0.717) is 17.4 Å². The molecule has 2 aliphatic rings. The molecule has 2 rings (SSSR count). The Balaban J connectivity index is 2.00. The number of nitrogens with two attached hydrogens (primary N) is 1. The summed E-state index contributed by atoms with van der Waals surface area (Å²) in [5.41, 5.74) is 6.68. The maximum Gasteiger partial charge on any atom is 0.00952 e. The van der Waals surface area contributed by atoms with Gasteiger partial charge in [-0.25, -0.2) is 0 Å². The van der Waals surface area contributed by atoms with Gasteiger partial charge in [-0.2, -0.15) is 0 Å². The highest BCUT2D eigenvalue weighted by molar-refractivity contribution is 4.95. The first-order valence-electron chi connectivity index (χ1n) is 8.46. The number of hydrogen-bond donors (Lipinski definition) is 1. The Morgan fingerprint density at radius 2 is 1.74 bits per heavy atom. The summed E-state index contributed by atoms with van der Waals surface area (Å²) in [5, 5.41) is 0. The summed E-state index contributed by atoms with van der Waals surface area (Å²) in [6, 6.07) is 1.28. The van der Waals surface area contributed by atoms with Gasteiger partial charge in [0.1, 0.15) is 0 Å². The van der Waals surface area contributed by atoms with Gasteiger partial charge in [-0.15, -0.1) is 0 Å². The molecule has 0 heterocycles. The number of nitrogens with zero attached hydrogens (tertiary/aromatic N) is 1. The third-order valence-corrected chi connectivity index (χ3v) is 6.42. The quantitative estimate of drug-likeness (QED) is 0.841. The fourth-order valence-electron chi connectivity index (χ4n) is 4.35. The Hall–Kier alpha value is -0.0800. The van der Waals surface area contributed by atoms with Gasteiger partial charge in [0.15, 0.2) is 0 Å². The second-order valence-corrected chi connectivity index (χ2v) is 7.57. The largest absolute Gasteiger partial charge is 0.327 e. The van der Waals surface area contributed by atoms with E-state index in [-0.39, 0.29) is 0 Å². The Bertz CT molecular complexity index is 281. The first-order chi connectivity index (χ1) is 8.96. The molecule has 0 aromatic rings. The van der Waals surface area contributed by atoms with Crippen molar-refractivity contribution in [3.63, 3.8) is 0 Å². The molecule has 2 heteroatoms. The van der Waals surface area contributed by atoms with Crippen LogP contribution >= 0.6 is 0 Å². The topological polar surface area (TPSA) is 29.3 Å². The summed E-state index contributed by atoms with van der Waals surface area (Å²) in [4.78, 5) is 2.77. The maximum absolute atomic E-state index is 6.29. The third-order valence-electron chi connectivity index (χ3n) is 6.42. The minimum Gasteiger partial charge on any atom is -0.327 e. The van der Waals surface area contributed by atoms with Gasteiger partial charge in [-0.05, 0) is 49.5 Å². The minimum atomic E-state index is 0.393. The van der Waals surface area contributed by atoms with Crippen LogP contribution in [0.5, 0.6) is 0 Å². The Labute approximate surface area is 120 Å². The molecule has 112 valence electrons. The van der Waals surface area contributed by atoms with E-state index >= 15 is 0 Å². The fraction of sp³-hybridized carbons (Fsp3) is 1.00. The molecule has 2 N–H and O–H groups in total. The maximum atomic E-state index is 6.29. The van der Waals surface area contributed by atoms with Crippen molar-refractivity contribution in [1.29, 1.82) is 0 Å². The van der Waals surface area contributed by atoms with Crippen molar-refractivity contribution in [2.24, 2.45) is 23.0 Å². The SMILES string of the molecule is CCN(CC1CCC(N)C(C)C1(C)C)C1CCCC1. The summed E-state index contributed by atoms with van der Waals surface area (Å²) in [6.07, 6.45) is 8.28. The van der Waals surface area contributed by atoms with Crippen molar-refractivity contribution < 1.29 is 0 Å². The molecule has 19 heavy (non-hydrogen) atoms. The molecular weight excluding hydrogens is 232 g/mol. The van der Waals surface area contributed by atoms with E-state index < -0.39 is 0 Å². The molecule has 0 radical (unpaired) electrons. The van der Waals surface area contributed by atoms with Gasteiger partial charge in [0.2, 0.25) is 0 Å². The normalized spacial score (nSPS) is 36.0. The van der Waals surface area contributed by atoms with Gasteiger partial charge in [0, 0.05) is 18.6 Å². The van der Waals surface area contributed by atoms with Crippen molar-refractivity contribution in [1.82, 2.24) is 4.90 Å². The smallest absolute Gasteiger partial charge is 0.00952 e. The first kappa shape index (κ1) is 15.3. The summed E-state index contributed by atoms with van der Waals surface area (Å²) < 4.78 is 0. The Morgan fingerprint density at radius 1 is 1.11 bits per heavy atom. The van der Waals surface area contributed by atoms with Crippen LogP contribution in [0.3, 0.4) is 0 Å². The average molecular weight is 266 g/mol. The van der Waals surface area contributed by atoms with Crippen molar-refractivity contribution >= 4 is 0 Å². The zero-order chi connectivity index (χ0) is 14.0. The van der Waals surface area contributed by atoms with Crippen LogP contribution in [0.2, 0.25) is 0 Å². The molecule has 0 amide bonds. The standard InChI is InChI=1S/C17H34N2/c1-5-19(15-8-6-7-9-15)12-14-10-11-16(18)13(2)17(14,3)4/h13-16H,5-12,18H2,1-4H3. The van der Waals surface area contributed by atoms with Gasteiger partial charge in [0.25, 0.3) is 0 Å². The lowest BCUT2D eigenvalue weighted by Gasteiger charge is -2.49. The lowest BCUT2D eigenvalue weighted by molar-refractivity contribution is 0.0203. The van der Waals surface area contributed by atoms with Crippen molar-refractivity contribution in [3.05, 3.63) is 0 Å². The summed E-state index contributed by atoms with van der Waals surface area (Å²) in [7, 11) is 0. The van der Waals surface area contributed by atoms with Crippen LogP contribution < -0.4 is 5.73 Å². The molecule has 0 aliphatic heterocycles. The number of hydrogen-bond acceptors (Lipinski definition) is 2. The predicted molar refractivity (Wildman–Crippen MR) is 83.1 cm³/mol. The zero-order valence-corrected chi connectivity index (χ0v) is 13.5. The van der Waals surface area contributed by atoms with E-state index in [0.717, 1.165) is 12.0 Å². The molecule has 0 bridgehead atoms. The highest BCUT2D eigenvalue weighted by atomic mass is 15.2. The Kier molecular flexibility index (Phi) is 4.94. The van der Waals surface area contributed by atoms with Crippen LogP contribution in [0, 0.1) is 17.3 Å². The lowest BCUT2D eigenvalue weighted by atomic mass is 9.61. The third kappa shape index (κ3) is 3.16. The molecule has 2 saturated carbocycles. The van der Waals surface area contributed by atoms with Gasteiger partial charge < -0.3 is 10.6 Å². The molecule has 0 saturated heterocycles. The van der Waals surface area contributed by atoms with Crippen LogP contribution in [0.4, 0.5) is 0 Å². The molecule has 2 nitrogen and oxygen atoms in total. The molecule has 3 unspecified atom stereocenters. The molecule has 2 fully saturated rings. The van der Waals surface area contributed by atoms with E-state index in [1.165, 1.54) is 51.6 Å². The summed E-state index contributed by atoms with van der Waals surface area (Å²) in [6.45, 7) is 12.1. The lowest BCUT2D eigenvalue weighted by Crippen LogP contribution is -2.51. The molecule has 0 aromatic carbocycles. The van der Waals surface area contributed by atoms with E-state index in [4.69, 9.17) is 5.73 Å². The van der Waals surface area contributed by atoms with Crippen LogP contribution in [-0.4, -0.2) is 30.1 Å². The fourth-order valence-corrected chi connectivity index (χ4v) is 4.35. The number of rotatable bonds is 4. The van der Waals surface area contributed by atoms with Gasteiger partial charge in [-0.3, -0.25) is 0 Å². The molecule has 0 spiro atoms. The average Bonchev–Trinajstić information content (AvgIpc) is 2.89. The van der Waals surface area contributed by atoms with Gasteiger partial charge in [0.05, 0.1) is 0 Å². The second-order valence-electron chi connectivity index (χ2n) is 7.57. The molecule has 3 atom stereocenters. The monoisotopic (exact) mass is 266 g/mol.